The summed E-state index contributed by atoms with van der Waals surface area (Å²) < 4.78 is 17.0. The zero-order valence-corrected chi connectivity index (χ0v) is 15.9. The molecule has 0 spiro atoms. The molecule has 0 aliphatic carbocycles. The van der Waals surface area contributed by atoms with Crippen LogP contribution in [-0.2, 0) is 23.8 Å². The first-order valence-electron chi connectivity index (χ1n) is 9.19. The van der Waals surface area contributed by atoms with E-state index in [1.54, 1.807) is 13.8 Å². The number of nitrogens with zero attached hydrogens (tertiary/aromatic N) is 1. The number of fused-ring (bicyclic) bond motifs is 1. The number of carbonyl (C=O) groups is 2. The van der Waals surface area contributed by atoms with Crippen molar-refractivity contribution in [1.29, 1.82) is 0 Å². The highest BCUT2D eigenvalue weighted by Crippen LogP contribution is 2.41. The normalized spacial score (nSPS) is 37.6. The number of hydrogen-bond acceptors (Lipinski definition) is 8. The van der Waals surface area contributed by atoms with Crippen LogP contribution in [0.25, 0.3) is 0 Å². The van der Waals surface area contributed by atoms with E-state index in [0.717, 1.165) is 0 Å². The van der Waals surface area contributed by atoms with Crippen LogP contribution in [0.2, 0.25) is 0 Å². The van der Waals surface area contributed by atoms with Gasteiger partial charge < -0.3 is 40.4 Å². The van der Waals surface area contributed by atoms with Crippen LogP contribution < -0.4 is 11.1 Å². The minimum atomic E-state index is -1.48. The van der Waals surface area contributed by atoms with Crippen LogP contribution >= 0.6 is 0 Å². The maximum Gasteiger partial charge on any atom is 0.311 e. The predicted molar refractivity (Wildman–Crippen MR) is 92.1 cm³/mol. The van der Waals surface area contributed by atoms with Crippen LogP contribution in [0.4, 0.5) is 0 Å². The summed E-state index contributed by atoms with van der Waals surface area (Å²) in [5, 5.41) is 22.6. The van der Waals surface area contributed by atoms with Crippen molar-refractivity contribution in [2.75, 3.05) is 26.2 Å². The second-order valence-electron chi connectivity index (χ2n) is 8.35. The molecule has 3 saturated heterocycles. The zero-order valence-electron chi connectivity index (χ0n) is 15.9. The number of aliphatic hydroxyl groups excluding tert-OH is 2. The Labute approximate surface area is 157 Å². The quantitative estimate of drug-likeness (QED) is 0.400. The van der Waals surface area contributed by atoms with Gasteiger partial charge in [0, 0.05) is 18.6 Å². The number of ether oxygens (including phenoxy) is 3. The minimum absolute atomic E-state index is 0.178. The van der Waals surface area contributed by atoms with Crippen molar-refractivity contribution in [1.82, 2.24) is 10.2 Å². The van der Waals surface area contributed by atoms with E-state index < -0.39 is 41.7 Å². The van der Waals surface area contributed by atoms with E-state index in [2.05, 4.69) is 5.32 Å². The highest BCUT2D eigenvalue weighted by molar-refractivity contribution is 6.35. The molecule has 0 radical (unpaired) electrons. The molecule has 0 saturated carbocycles. The number of piperidine rings is 1. The number of likely N-dealkylation sites (tertiary alicyclic amines) is 1. The van der Waals surface area contributed by atoms with Crippen molar-refractivity contribution >= 4 is 11.8 Å². The Morgan fingerprint density at radius 2 is 1.85 bits per heavy atom. The Kier molecular flexibility index (Phi) is 5.26. The molecule has 0 bridgehead atoms. The first kappa shape index (κ1) is 20.4. The average Bonchev–Trinajstić information content (AvgIpc) is 2.87. The number of nitrogens with one attached hydrogen (secondary N) is 1. The molecule has 4 atom stereocenters. The highest BCUT2D eigenvalue weighted by atomic mass is 16.8. The molecule has 0 unspecified atom stereocenters. The summed E-state index contributed by atoms with van der Waals surface area (Å²) in [6.45, 7) is 5.66. The molecule has 2 amide bonds. The van der Waals surface area contributed by atoms with Gasteiger partial charge in [-0.15, -0.1) is 0 Å². The van der Waals surface area contributed by atoms with Gasteiger partial charge >= 0.3 is 11.8 Å². The predicted octanol–water partition coefficient (Wildman–Crippen LogP) is -1.96. The molecule has 0 aromatic carbocycles. The minimum Gasteiger partial charge on any atom is -0.388 e. The van der Waals surface area contributed by atoms with Crippen molar-refractivity contribution in [3.8, 4) is 0 Å². The van der Waals surface area contributed by atoms with Gasteiger partial charge in [-0.1, -0.05) is 0 Å². The number of amides is 2. The number of hydrogen-bond donors (Lipinski definition) is 4. The van der Waals surface area contributed by atoms with E-state index >= 15 is 0 Å². The number of nitrogens with two attached hydrogens (primary N) is 1. The van der Waals surface area contributed by atoms with E-state index in [0.29, 0.717) is 25.9 Å². The SMILES string of the molecule is CC1(N)CCN(C(=O)C(=O)NC[C@@]23OC[C@@H](O)[C@@H](O)[C@@H]2OC(C)(C)O3)CC1. The van der Waals surface area contributed by atoms with E-state index in [9.17, 15) is 19.8 Å². The number of aliphatic hydroxyl groups is 2. The van der Waals surface area contributed by atoms with Crippen molar-refractivity contribution in [3.05, 3.63) is 0 Å². The maximum absolute atomic E-state index is 12.4. The fraction of sp³-hybridized carbons (Fsp3) is 0.882. The van der Waals surface area contributed by atoms with Crippen LogP contribution in [0, 0.1) is 0 Å². The number of rotatable bonds is 2. The molecule has 3 aliphatic rings. The van der Waals surface area contributed by atoms with Gasteiger partial charge in [0.25, 0.3) is 0 Å². The first-order chi connectivity index (χ1) is 12.4. The summed E-state index contributed by atoms with van der Waals surface area (Å²) in [6.07, 6.45) is -2.12. The second-order valence-corrected chi connectivity index (χ2v) is 8.35. The standard InChI is InChI=1S/C17H29N3O7/c1-15(2)26-12-11(22)10(21)8-25-17(12,27-15)9-19-13(23)14(24)20-6-4-16(3,18)5-7-20/h10-12,21-22H,4-9,18H2,1-3H3,(H,19,23)/t10-,11-,12+,17+/m1/s1. The monoisotopic (exact) mass is 387 g/mol. The average molecular weight is 387 g/mol. The topological polar surface area (TPSA) is 144 Å². The third-order valence-corrected chi connectivity index (χ3v) is 5.35. The van der Waals surface area contributed by atoms with Gasteiger partial charge in [-0.3, -0.25) is 9.59 Å². The summed E-state index contributed by atoms with van der Waals surface area (Å²) in [6, 6.07) is 0. The molecule has 27 heavy (non-hydrogen) atoms. The molecule has 154 valence electrons. The fourth-order valence-corrected chi connectivity index (χ4v) is 3.69. The van der Waals surface area contributed by atoms with Gasteiger partial charge in [0.1, 0.15) is 18.3 Å². The molecule has 0 aromatic rings. The lowest BCUT2D eigenvalue weighted by atomic mass is 9.91. The third kappa shape index (κ3) is 4.10. The van der Waals surface area contributed by atoms with Gasteiger partial charge in [-0.05, 0) is 33.6 Å². The molecular weight excluding hydrogens is 358 g/mol. The first-order valence-corrected chi connectivity index (χ1v) is 9.19. The molecule has 3 rings (SSSR count). The Morgan fingerprint density at radius 1 is 1.22 bits per heavy atom. The van der Waals surface area contributed by atoms with Gasteiger partial charge in [0.05, 0.1) is 13.2 Å². The number of carbonyl (C=O) groups excluding carboxylic acids is 2. The Balaban J connectivity index is 1.62. The van der Waals surface area contributed by atoms with Gasteiger partial charge in [0.2, 0.25) is 5.79 Å². The third-order valence-electron chi connectivity index (χ3n) is 5.35. The Morgan fingerprint density at radius 3 is 2.48 bits per heavy atom. The summed E-state index contributed by atoms with van der Waals surface area (Å²) in [7, 11) is 0. The molecule has 3 fully saturated rings. The van der Waals surface area contributed by atoms with Crippen LogP contribution in [0.15, 0.2) is 0 Å². The van der Waals surface area contributed by atoms with E-state index in [1.165, 1.54) is 4.90 Å². The molecule has 5 N–H and O–H groups in total. The van der Waals surface area contributed by atoms with E-state index in [1.807, 2.05) is 6.92 Å². The molecule has 3 heterocycles. The van der Waals surface area contributed by atoms with Crippen molar-refractivity contribution in [2.24, 2.45) is 5.73 Å². The summed E-state index contributed by atoms with van der Waals surface area (Å²) in [4.78, 5) is 26.2. The highest BCUT2D eigenvalue weighted by Gasteiger charge is 2.61. The summed E-state index contributed by atoms with van der Waals surface area (Å²) in [5.41, 5.74) is 5.72. The van der Waals surface area contributed by atoms with Crippen LogP contribution in [0.1, 0.15) is 33.6 Å². The smallest absolute Gasteiger partial charge is 0.311 e. The van der Waals surface area contributed by atoms with E-state index in [-0.39, 0.29) is 18.7 Å². The lowest BCUT2D eigenvalue weighted by Gasteiger charge is -2.41. The second kappa shape index (κ2) is 6.94. The zero-order chi connectivity index (χ0) is 20.0. The molecule has 10 nitrogen and oxygen atoms in total. The molecular formula is C17H29N3O7. The molecule has 0 aromatic heterocycles. The van der Waals surface area contributed by atoms with Crippen molar-refractivity contribution in [2.45, 2.75) is 69.0 Å². The molecule has 3 aliphatic heterocycles. The van der Waals surface area contributed by atoms with Crippen LogP contribution in [0.5, 0.6) is 0 Å². The fourth-order valence-electron chi connectivity index (χ4n) is 3.69. The van der Waals surface area contributed by atoms with Crippen LogP contribution in [0.3, 0.4) is 0 Å². The largest absolute Gasteiger partial charge is 0.388 e. The van der Waals surface area contributed by atoms with E-state index in [4.69, 9.17) is 19.9 Å². The lowest BCUT2D eigenvalue weighted by molar-refractivity contribution is -0.288. The Bertz CT molecular complexity index is 601. The van der Waals surface area contributed by atoms with Gasteiger partial charge in [-0.25, -0.2) is 0 Å². The molecule has 10 heteroatoms. The van der Waals surface area contributed by atoms with Crippen molar-refractivity contribution in [3.63, 3.8) is 0 Å². The van der Waals surface area contributed by atoms with Gasteiger partial charge in [0.15, 0.2) is 5.79 Å². The Hall–Kier alpha value is -1.30. The van der Waals surface area contributed by atoms with Crippen LogP contribution in [-0.4, -0.2) is 88.6 Å². The maximum atomic E-state index is 12.4. The summed E-state index contributed by atoms with van der Waals surface area (Å²) in [5.74, 6) is -3.99. The summed E-state index contributed by atoms with van der Waals surface area (Å²) >= 11 is 0. The lowest BCUT2D eigenvalue weighted by Crippen LogP contribution is -2.64. The van der Waals surface area contributed by atoms with Crippen molar-refractivity contribution < 1.29 is 34.0 Å². The van der Waals surface area contributed by atoms with Gasteiger partial charge in [-0.2, -0.15) is 0 Å².